The van der Waals surface area contributed by atoms with Crippen molar-refractivity contribution in [3.05, 3.63) is 98.6 Å². The molecule has 1 saturated heterocycles. The lowest BCUT2D eigenvalue weighted by atomic mass is 10.0. The van der Waals surface area contributed by atoms with Crippen molar-refractivity contribution in [3.8, 4) is 0 Å². The second-order valence-electron chi connectivity index (χ2n) is 19.1. The van der Waals surface area contributed by atoms with Crippen LogP contribution in [0.4, 0.5) is 10.5 Å². The number of amides is 7. The minimum absolute atomic E-state index is 0.0253. The van der Waals surface area contributed by atoms with Crippen LogP contribution in [0.5, 0.6) is 0 Å². The van der Waals surface area contributed by atoms with Crippen molar-refractivity contribution < 1.29 is 53.4 Å². The number of primary amides is 4. The van der Waals surface area contributed by atoms with Gasteiger partial charge in [-0.2, -0.15) is 0 Å². The van der Waals surface area contributed by atoms with Crippen LogP contribution in [0.2, 0.25) is 0 Å². The van der Waals surface area contributed by atoms with Crippen LogP contribution in [0, 0.1) is 3.57 Å². The molecule has 4 rings (SSSR count). The Labute approximate surface area is 472 Å². The van der Waals surface area contributed by atoms with E-state index in [1.165, 1.54) is 6.92 Å². The maximum absolute atomic E-state index is 14.0. The van der Waals surface area contributed by atoms with Gasteiger partial charge in [0.2, 0.25) is 23.6 Å². The van der Waals surface area contributed by atoms with Gasteiger partial charge in [-0.15, -0.1) is 0 Å². The Bertz CT molecular complexity index is 2540. The van der Waals surface area contributed by atoms with Crippen LogP contribution in [0.15, 0.2) is 72.8 Å². The van der Waals surface area contributed by atoms with E-state index < -0.39 is 59.5 Å². The molecule has 14 N–H and O–H groups in total. The highest BCUT2D eigenvalue weighted by molar-refractivity contribution is 14.1. The Kier molecular flexibility index (Phi) is 26.8. The zero-order valence-corrected chi connectivity index (χ0v) is 46.7. The molecule has 1 aliphatic rings. The van der Waals surface area contributed by atoms with Crippen molar-refractivity contribution in [2.45, 2.75) is 76.7 Å². The van der Waals surface area contributed by atoms with Crippen molar-refractivity contribution in [2.24, 2.45) is 22.9 Å². The maximum Gasteiger partial charge on any atom is 0.326 e. The lowest BCUT2D eigenvalue weighted by Crippen LogP contribution is -2.54. The van der Waals surface area contributed by atoms with Gasteiger partial charge in [-0.1, -0.05) is 36.4 Å². The second kappa shape index (κ2) is 32.8. The molecule has 1 heterocycles. The van der Waals surface area contributed by atoms with Gasteiger partial charge in [-0.05, 0) is 127 Å². The molecule has 0 saturated carbocycles. The SMILES string of the molecule is CC(=O)[C@@H](CCC(=O)O)NC(=O)N[C@H](CCCCN(Cc1ccc(I)cc1)C(=O)c1ccc(CNC(=S)Nc2ccc(CC3CN(CC(N)=O)CCN(CC(N)=O)CCN(CC(N)=O)CCN3CC(N)=O)cc2)cc1)C(=O)O. The zero-order valence-electron chi connectivity index (χ0n) is 43.7. The van der Waals surface area contributed by atoms with E-state index in [0.717, 1.165) is 20.3 Å². The first-order chi connectivity index (χ1) is 37.0. The summed E-state index contributed by atoms with van der Waals surface area (Å²) in [5, 5.41) is 30.2. The monoisotopic (exact) mass is 1210 g/mol. The predicted octanol–water partition coefficient (Wildman–Crippen LogP) is 0.239. The van der Waals surface area contributed by atoms with Gasteiger partial charge in [0.25, 0.3) is 5.91 Å². The number of anilines is 1. The summed E-state index contributed by atoms with van der Waals surface area (Å²) in [5.41, 5.74) is 26.3. The number of carboxylic acids is 2. The number of hydrogen-bond acceptors (Lipinski definition) is 14. The molecule has 0 bridgehead atoms. The van der Waals surface area contributed by atoms with E-state index in [-0.39, 0.29) is 70.5 Å². The first-order valence-corrected chi connectivity index (χ1v) is 26.8. The molecule has 0 aliphatic carbocycles. The standard InChI is InChI=1S/C52H72IN13O11S/c1-34(67)42(17-18-48(72)73)60-51(77)61-43(50(75)76)4-2-3-19-66(28-37-7-13-39(53)14-8-37)49(74)38-11-5-36(6-12-38)27-58-52(78)59-40-15-9-35(10-16-40)26-41-29-64(32-46(56)70)23-22-62(30-44(54)68)20-21-63(31-45(55)69)24-25-65(41)33-47(57)71/h5-16,41-43H,2-4,17-33H2,1H3,(H2,54,68)(H2,55,69)(H2,56,70)(H2,57,71)(H,72,73)(H,75,76)(H2,58,59,78)(H2,60,61,77)/t41?,42-,43-/m1/s1. The fourth-order valence-corrected chi connectivity index (χ4v) is 9.29. The van der Waals surface area contributed by atoms with Gasteiger partial charge in [-0.25, -0.2) is 9.59 Å². The number of hydrogen-bond donors (Lipinski definition) is 10. The molecule has 78 heavy (non-hydrogen) atoms. The maximum atomic E-state index is 14.0. The number of carboxylic acid groups (broad SMARTS) is 2. The number of halogens is 1. The van der Waals surface area contributed by atoms with E-state index in [2.05, 4.69) is 43.9 Å². The number of carbonyl (C=O) groups is 9. The number of ketones is 1. The molecule has 424 valence electrons. The molecule has 1 unspecified atom stereocenters. The van der Waals surface area contributed by atoms with E-state index in [9.17, 15) is 48.3 Å². The van der Waals surface area contributed by atoms with Crippen LogP contribution >= 0.6 is 34.8 Å². The molecule has 0 radical (unpaired) electrons. The van der Waals surface area contributed by atoms with Gasteiger partial charge < -0.3 is 59.3 Å². The minimum atomic E-state index is -1.30. The summed E-state index contributed by atoms with van der Waals surface area (Å²) in [6.07, 6.45) is 0.691. The molecule has 3 atom stereocenters. The Morgan fingerprint density at radius 3 is 1.74 bits per heavy atom. The van der Waals surface area contributed by atoms with E-state index in [0.29, 0.717) is 88.0 Å². The summed E-state index contributed by atoms with van der Waals surface area (Å²) >= 11 is 7.83. The molecular formula is C52H72IN13O11S. The highest BCUT2D eigenvalue weighted by Crippen LogP contribution is 2.18. The van der Waals surface area contributed by atoms with Crippen LogP contribution in [-0.2, 0) is 53.1 Å². The number of nitrogens with one attached hydrogen (secondary N) is 4. The van der Waals surface area contributed by atoms with Crippen LogP contribution in [0.1, 0.15) is 66.1 Å². The van der Waals surface area contributed by atoms with E-state index in [1.54, 1.807) is 17.0 Å². The number of aliphatic carboxylic acids is 2. The van der Waals surface area contributed by atoms with Crippen LogP contribution < -0.4 is 44.2 Å². The zero-order chi connectivity index (χ0) is 57.3. The van der Waals surface area contributed by atoms with Crippen LogP contribution in [-0.4, -0.2) is 190 Å². The molecular weight excluding hydrogens is 1140 g/mol. The number of unbranched alkanes of at least 4 members (excludes halogenated alkanes) is 1. The molecule has 7 amide bonds. The van der Waals surface area contributed by atoms with Gasteiger partial charge in [0.05, 0.1) is 32.2 Å². The predicted molar refractivity (Wildman–Crippen MR) is 303 cm³/mol. The van der Waals surface area contributed by atoms with Crippen molar-refractivity contribution >= 4 is 98.9 Å². The van der Waals surface area contributed by atoms with Crippen molar-refractivity contribution in [3.63, 3.8) is 0 Å². The van der Waals surface area contributed by atoms with Crippen molar-refractivity contribution in [1.82, 2.24) is 40.4 Å². The molecule has 3 aromatic carbocycles. The van der Waals surface area contributed by atoms with Crippen LogP contribution in [0.25, 0.3) is 0 Å². The van der Waals surface area contributed by atoms with E-state index in [4.69, 9.17) is 40.3 Å². The third-order valence-electron chi connectivity index (χ3n) is 12.8. The first-order valence-electron chi connectivity index (χ1n) is 25.4. The number of carbonyl (C=O) groups excluding carboxylic acids is 7. The fraction of sp³-hybridized carbons (Fsp3) is 0.462. The Morgan fingerprint density at radius 1 is 0.667 bits per heavy atom. The van der Waals surface area contributed by atoms with Crippen molar-refractivity contribution in [1.29, 1.82) is 0 Å². The highest BCUT2D eigenvalue weighted by Gasteiger charge is 2.28. The topological polar surface area (TPSA) is 362 Å². The van der Waals surface area contributed by atoms with Crippen LogP contribution in [0.3, 0.4) is 0 Å². The van der Waals surface area contributed by atoms with Crippen molar-refractivity contribution in [2.75, 3.05) is 83.9 Å². The third kappa shape index (κ3) is 24.2. The summed E-state index contributed by atoms with van der Waals surface area (Å²) < 4.78 is 1.02. The summed E-state index contributed by atoms with van der Waals surface area (Å²) in [6.45, 7) is 4.40. The van der Waals surface area contributed by atoms with Gasteiger partial charge in [-0.3, -0.25) is 53.2 Å². The second-order valence-corrected chi connectivity index (χ2v) is 20.8. The average molecular weight is 1210 g/mol. The fourth-order valence-electron chi connectivity index (χ4n) is 8.75. The number of urea groups is 1. The normalized spacial score (nSPS) is 15.7. The number of rotatable bonds is 28. The van der Waals surface area contributed by atoms with Gasteiger partial charge in [0, 0.05) is 92.7 Å². The smallest absolute Gasteiger partial charge is 0.326 e. The average Bonchev–Trinajstić information content (AvgIpc) is 3.37. The Hall–Kier alpha value is -6.85. The number of Topliss-reactive ketones (excluding diaryl/α,β-unsaturated/α-hetero) is 1. The molecule has 24 nitrogen and oxygen atoms in total. The Balaban J connectivity index is 1.38. The number of nitrogens with zero attached hydrogens (tertiary/aromatic N) is 5. The molecule has 0 spiro atoms. The first kappa shape index (κ1) is 63.7. The minimum Gasteiger partial charge on any atom is -0.481 e. The number of benzene rings is 3. The summed E-state index contributed by atoms with van der Waals surface area (Å²) in [7, 11) is 0. The molecule has 1 fully saturated rings. The van der Waals surface area contributed by atoms with Gasteiger partial charge >= 0.3 is 18.0 Å². The van der Waals surface area contributed by atoms with Gasteiger partial charge in [0.15, 0.2) is 10.9 Å². The number of nitrogens with two attached hydrogens (primary N) is 4. The third-order valence-corrected chi connectivity index (χ3v) is 13.7. The Morgan fingerprint density at radius 2 is 1.19 bits per heavy atom. The summed E-state index contributed by atoms with van der Waals surface area (Å²) in [5.74, 6) is -5.28. The quantitative estimate of drug-likeness (QED) is 0.0264. The summed E-state index contributed by atoms with van der Waals surface area (Å²) in [4.78, 5) is 120. The van der Waals surface area contributed by atoms with Gasteiger partial charge in [0.1, 0.15) is 6.04 Å². The molecule has 3 aromatic rings. The lowest BCUT2D eigenvalue weighted by Gasteiger charge is -2.38. The molecule has 0 aromatic heterocycles. The molecule has 1 aliphatic heterocycles. The van der Waals surface area contributed by atoms with E-state index in [1.807, 2.05) is 80.3 Å². The highest BCUT2D eigenvalue weighted by atomic mass is 127. The molecule has 26 heteroatoms. The van der Waals surface area contributed by atoms with E-state index >= 15 is 0 Å². The number of thiocarbonyl (C=S) groups is 1. The summed E-state index contributed by atoms with van der Waals surface area (Å²) in [6, 6.07) is 18.7. The largest absolute Gasteiger partial charge is 0.481 e. The lowest BCUT2D eigenvalue weighted by molar-refractivity contribution is -0.139.